The molecule has 1 fully saturated rings. The van der Waals surface area contributed by atoms with Gasteiger partial charge in [-0.05, 0) is 38.3 Å². The van der Waals surface area contributed by atoms with Crippen molar-refractivity contribution in [3.63, 3.8) is 0 Å². The summed E-state index contributed by atoms with van der Waals surface area (Å²) in [5, 5.41) is 0. The number of nitrogens with zero attached hydrogens (tertiary/aromatic N) is 2. The number of hydrogen-bond acceptors (Lipinski definition) is 5. The van der Waals surface area contributed by atoms with Crippen molar-refractivity contribution >= 4 is 17.6 Å². The van der Waals surface area contributed by atoms with Gasteiger partial charge in [0.25, 0.3) is 0 Å². The highest BCUT2D eigenvalue weighted by Gasteiger charge is 2.29. The minimum absolute atomic E-state index is 0.112. The average Bonchev–Trinajstić information content (AvgIpc) is 2.46. The van der Waals surface area contributed by atoms with Crippen LogP contribution in [0, 0.1) is 0 Å². The van der Waals surface area contributed by atoms with Crippen molar-refractivity contribution in [2.75, 3.05) is 18.6 Å². The molecule has 0 aliphatic carbocycles. The molecule has 2 rings (SSSR count). The number of ketones is 1. The van der Waals surface area contributed by atoms with Gasteiger partial charge < -0.3 is 9.64 Å². The molecule has 0 saturated carbocycles. The molecule has 1 aromatic rings. The summed E-state index contributed by atoms with van der Waals surface area (Å²) in [7, 11) is 1.35. The van der Waals surface area contributed by atoms with Gasteiger partial charge in [-0.3, -0.25) is 4.79 Å². The first-order valence-corrected chi connectivity index (χ1v) is 6.45. The lowest BCUT2D eigenvalue weighted by molar-refractivity contribution is -0.118. The van der Waals surface area contributed by atoms with E-state index in [4.69, 9.17) is 4.74 Å². The van der Waals surface area contributed by atoms with Crippen LogP contribution in [0.3, 0.4) is 0 Å². The van der Waals surface area contributed by atoms with Crippen LogP contribution in [0.25, 0.3) is 0 Å². The summed E-state index contributed by atoms with van der Waals surface area (Å²) in [4.78, 5) is 29.7. The van der Waals surface area contributed by atoms with Gasteiger partial charge in [-0.2, -0.15) is 0 Å². The molecule has 1 aliphatic rings. The molecule has 1 unspecified atom stereocenters. The monoisotopic (exact) mass is 262 g/mol. The number of ether oxygens (including phenoxy) is 1. The number of pyridine rings is 1. The van der Waals surface area contributed by atoms with Gasteiger partial charge in [0.15, 0.2) is 5.78 Å². The number of methoxy groups -OCH3 is 1. The van der Waals surface area contributed by atoms with Crippen LogP contribution in [0.5, 0.6) is 0 Å². The minimum Gasteiger partial charge on any atom is -0.465 e. The molecule has 19 heavy (non-hydrogen) atoms. The SMILES string of the molecule is COC(=O)c1cccnc1N1CCCCC1C(C)=O. The van der Waals surface area contributed by atoms with E-state index in [0.717, 1.165) is 25.8 Å². The zero-order valence-corrected chi connectivity index (χ0v) is 11.3. The van der Waals surface area contributed by atoms with Crippen LogP contribution in [0.15, 0.2) is 18.3 Å². The third-order valence-corrected chi connectivity index (χ3v) is 3.44. The molecule has 0 aromatic carbocycles. The van der Waals surface area contributed by atoms with Crippen LogP contribution in [0.2, 0.25) is 0 Å². The van der Waals surface area contributed by atoms with E-state index in [1.807, 2.05) is 4.90 Å². The number of carbonyl (C=O) groups excluding carboxylic acids is 2. The van der Waals surface area contributed by atoms with Crippen molar-refractivity contribution in [2.24, 2.45) is 0 Å². The fourth-order valence-electron chi connectivity index (χ4n) is 2.50. The van der Waals surface area contributed by atoms with E-state index in [1.54, 1.807) is 25.3 Å². The lowest BCUT2D eigenvalue weighted by Gasteiger charge is -2.35. The average molecular weight is 262 g/mol. The van der Waals surface area contributed by atoms with E-state index in [1.165, 1.54) is 7.11 Å². The van der Waals surface area contributed by atoms with Crippen molar-refractivity contribution in [1.29, 1.82) is 0 Å². The quantitative estimate of drug-likeness (QED) is 0.778. The van der Waals surface area contributed by atoms with Crippen molar-refractivity contribution < 1.29 is 14.3 Å². The fourth-order valence-corrected chi connectivity index (χ4v) is 2.50. The summed E-state index contributed by atoms with van der Waals surface area (Å²) in [5.74, 6) is 0.242. The molecule has 102 valence electrons. The van der Waals surface area contributed by atoms with Gasteiger partial charge in [0.2, 0.25) is 0 Å². The maximum absolute atomic E-state index is 11.8. The molecular formula is C14H18N2O3. The molecule has 0 amide bonds. The van der Waals surface area contributed by atoms with Crippen molar-refractivity contribution in [3.05, 3.63) is 23.9 Å². The van der Waals surface area contributed by atoms with E-state index in [-0.39, 0.29) is 11.8 Å². The molecule has 0 bridgehead atoms. The van der Waals surface area contributed by atoms with Gasteiger partial charge in [0.05, 0.1) is 13.2 Å². The maximum Gasteiger partial charge on any atom is 0.341 e. The molecule has 5 heteroatoms. The van der Waals surface area contributed by atoms with E-state index in [9.17, 15) is 9.59 Å². The molecule has 1 saturated heterocycles. The number of piperidine rings is 1. The number of hydrogen-bond donors (Lipinski definition) is 0. The highest BCUT2D eigenvalue weighted by atomic mass is 16.5. The van der Waals surface area contributed by atoms with Gasteiger partial charge >= 0.3 is 5.97 Å². The summed E-state index contributed by atoms with van der Waals surface area (Å²) in [6.07, 6.45) is 4.47. The summed E-state index contributed by atoms with van der Waals surface area (Å²) in [5.41, 5.74) is 0.415. The second kappa shape index (κ2) is 5.82. The molecular weight excluding hydrogens is 244 g/mol. The van der Waals surface area contributed by atoms with Crippen molar-refractivity contribution in [2.45, 2.75) is 32.2 Å². The smallest absolute Gasteiger partial charge is 0.341 e. The Morgan fingerprint density at radius 3 is 2.89 bits per heavy atom. The number of anilines is 1. The molecule has 2 heterocycles. The highest BCUT2D eigenvalue weighted by Crippen LogP contribution is 2.26. The molecule has 1 aliphatic heterocycles. The number of aromatic nitrogens is 1. The van der Waals surface area contributed by atoms with Gasteiger partial charge in [0.1, 0.15) is 11.4 Å². The Morgan fingerprint density at radius 1 is 1.42 bits per heavy atom. The maximum atomic E-state index is 11.8. The lowest BCUT2D eigenvalue weighted by atomic mass is 9.98. The van der Waals surface area contributed by atoms with E-state index in [0.29, 0.717) is 11.4 Å². The van der Waals surface area contributed by atoms with Gasteiger partial charge in [-0.1, -0.05) is 0 Å². The molecule has 0 N–H and O–H groups in total. The summed E-state index contributed by atoms with van der Waals surface area (Å²) < 4.78 is 4.77. The molecule has 1 atom stereocenters. The number of rotatable bonds is 3. The highest BCUT2D eigenvalue weighted by molar-refractivity contribution is 5.96. The Bertz CT molecular complexity index is 487. The van der Waals surface area contributed by atoms with E-state index in [2.05, 4.69) is 4.98 Å². The first-order chi connectivity index (χ1) is 9.15. The van der Waals surface area contributed by atoms with Gasteiger partial charge in [-0.15, -0.1) is 0 Å². The Balaban J connectivity index is 2.39. The van der Waals surface area contributed by atoms with Crippen LogP contribution < -0.4 is 4.90 Å². The Morgan fingerprint density at radius 2 is 2.21 bits per heavy atom. The van der Waals surface area contributed by atoms with Gasteiger partial charge in [0, 0.05) is 12.7 Å². The second-order valence-electron chi connectivity index (χ2n) is 4.68. The first kappa shape index (κ1) is 13.5. The zero-order chi connectivity index (χ0) is 13.8. The summed E-state index contributed by atoms with van der Waals surface area (Å²) in [6, 6.07) is 3.19. The first-order valence-electron chi connectivity index (χ1n) is 6.45. The lowest BCUT2D eigenvalue weighted by Crippen LogP contribution is -2.45. The third kappa shape index (κ3) is 2.75. The summed E-state index contributed by atoms with van der Waals surface area (Å²) >= 11 is 0. The minimum atomic E-state index is -0.420. The predicted octanol–water partition coefficient (Wildman–Crippen LogP) is 1.82. The van der Waals surface area contributed by atoms with Crippen LogP contribution >= 0.6 is 0 Å². The van der Waals surface area contributed by atoms with Gasteiger partial charge in [-0.25, -0.2) is 9.78 Å². The number of carbonyl (C=O) groups is 2. The normalized spacial score (nSPS) is 19.1. The summed E-state index contributed by atoms with van der Waals surface area (Å²) in [6.45, 7) is 2.33. The topological polar surface area (TPSA) is 59.5 Å². The van der Waals surface area contributed by atoms with E-state index < -0.39 is 5.97 Å². The Hall–Kier alpha value is -1.91. The largest absolute Gasteiger partial charge is 0.465 e. The van der Waals surface area contributed by atoms with Crippen molar-refractivity contribution in [1.82, 2.24) is 4.98 Å². The van der Waals surface area contributed by atoms with Crippen LogP contribution in [-0.4, -0.2) is 36.4 Å². The Kier molecular flexibility index (Phi) is 4.14. The van der Waals surface area contributed by atoms with E-state index >= 15 is 0 Å². The van der Waals surface area contributed by atoms with Crippen LogP contribution in [0.4, 0.5) is 5.82 Å². The van der Waals surface area contributed by atoms with Crippen LogP contribution in [-0.2, 0) is 9.53 Å². The second-order valence-corrected chi connectivity index (χ2v) is 4.68. The molecule has 1 aromatic heterocycles. The fraction of sp³-hybridized carbons (Fsp3) is 0.500. The third-order valence-electron chi connectivity index (χ3n) is 3.44. The zero-order valence-electron chi connectivity index (χ0n) is 11.3. The predicted molar refractivity (Wildman–Crippen MR) is 71.2 cm³/mol. The Labute approximate surface area is 112 Å². The number of esters is 1. The number of Topliss-reactive ketones (excluding diaryl/α,β-unsaturated/α-hetero) is 1. The van der Waals surface area contributed by atoms with Crippen molar-refractivity contribution in [3.8, 4) is 0 Å². The molecule has 0 radical (unpaired) electrons. The molecule has 0 spiro atoms. The van der Waals surface area contributed by atoms with Crippen LogP contribution in [0.1, 0.15) is 36.5 Å². The molecule has 5 nitrogen and oxygen atoms in total. The standard InChI is InChI=1S/C14H18N2O3/c1-10(17)12-7-3-4-9-16(12)13-11(14(18)19-2)6-5-8-15-13/h5-6,8,12H,3-4,7,9H2,1-2H3.